The van der Waals surface area contributed by atoms with Crippen LogP contribution in [0.4, 0.5) is 4.79 Å². The smallest absolute Gasteiger partial charge is 0.405 e. The summed E-state index contributed by atoms with van der Waals surface area (Å²) in [5.41, 5.74) is 8.22. The number of aromatic amines is 1. The summed E-state index contributed by atoms with van der Waals surface area (Å²) in [6, 6.07) is 13.5. The minimum absolute atomic E-state index is 0.530. The van der Waals surface area contributed by atoms with Crippen molar-refractivity contribution in [1.82, 2.24) is 10.2 Å². The lowest BCUT2D eigenvalue weighted by Crippen LogP contribution is -2.16. The molecule has 0 fully saturated rings. The van der Waals surface area contributed by atoms with E-state index in [1.165, 1.54) is 6.08 Å². The first kappa shape index (κ1) is 15.1. The predicted molar refractivity (Wildman–Crippen MR) is 90.1 cm³/mol. The van der Waals surface area contributed by atoms with E-state index in [1.807, 2.05) is 36.4 Å². The van der Waals surface area contributed by atoms with E-state index in [4.69, 9.17) is 22.1 Å². The van der Waals surface area contributed by atoms with Gasteiger partial charge in [0.05, 0.1) is 10.5 Å². The lowest BCUT2D eigenvalue weighted by Gasteiger charge is -2.11. The number of fused-ring (bicyclic) bond motifs is 1. The Morgan fingerprint density at radius 3 is 2.74 bits per heavy atom. The number of aromatic nitrogens is 2. The third-order valence-corrected chi connectivity index (χ3v) is 3.80. The zero-order valence-electron chi connectivity index (χ0n) is 12.1. The van der Waals surface area contributed by atoms with Crippen molar-refractivity contribution in [3.63, 3.8) is 0 Å². The molecule has 0 aliphatic rings. The highest BCUT2D eigenvalue weighted by Crippen LogP contribution is 2.34. The van der Waals surface area contributed by atoms with Gasteiger partial charge in [0.1, 0.15) is 5.69 Å². The number of hydrogen-bond donors (Lipinski definition) is 2. The van der Waals surface area contributed by atoms with E-state index in [0.29, 0.717) is 10.7 Å². The molecule has 1 amide bonds. The summed E-state index contributed by atoms with van der Waals surface area (Å²) in [6.07, 6.45) is -0.147. The molecular formula is C17H14ClN3O2. The highest BCUT2D eigenvalue weighted by Gasteiger charge is 2.19. The predicted octanol–water partition coefficient (Wildman–Crippen LogP) is 4.21. The summed E-state index contributed by atoms with van der Waals surface area (Å²) in [7, 11) is 0. The molecule has 0 aliphatic carbocycles. The Balaban J connectivity index is 2.15. The number of rotatable bonds is 4. The van der Waals surface area contributed by atoms with Gasteiger partial charge in [-0.25, -0.2) is 4.79 Å². The zero-order chi connectivity index (χ0) is 16.4. The molecular weight excluding hydrogens is 314 g/mol. The van der Waals surface area contributed by atoms with Gasteiger partial charge in [0.25, 0.3) is 0 Å². The van der Waals surface area contributed by atoms with Crippen LogP contribution in [0.3, 0.4) is 0 Å². The molecule has 0 bridgehead atoms. The molecule has 3 rings (SSSR count). The largest absolute Gasteiger partial charge is 0.435 e. The monoisotopic (exact) mass is 327 g/mol. The quantitative estimate of drug-likeness (QED) is 0.704. The molecule has 2 aromatic carbocycles. The van der Waals surface area contributed by atoms with Crippen LogP contribution in [-0.4, -0.2) is 16.3 Å². The van der Waals surface area contributed by atoms with E-state index in [1.54, 1.807) is 6.07 Å². The van der Waals surface area contributed by atoms with Crippen molar-refractivity contribution in [3.8, 4) is 11.1 Å². The molecule has 0 radical (unpaired) electrons. The zero-order valence-corrected chi connectivity index (χ0v) is 12.9. The molecule has 5 nitrogen and oxygen atoms in total. The number of halogens is 1. The maximum Gasteiger partial charge on any atom is 0.405 e. The number of H-pyrrole nitrogens is 1. The third-order valence-electron chi connectivity index (χ3n) is 3.49. The minimum Gasteiger partial charge on any atom is -0.435 e. The highest BCUT2D eigenvalue weighted by atomic mass is 35.5. The van der Waals surface area contributed by atoms with Crippen LogP contribution >= 0.6 is 11.6 Å². The van der Waals surface area contributed by atoms with Gasteiger partial charge in [0, 0.05) is 10.9 Å². The van der Waals surface area contributed by atoms with E-state index in [0.717, 1.165) is 22.0 Å². The van der Waals surface area contributed by atoms with Crippen LogP contribution < -0.4 is 5.73 Å². The normalized spacial score (nSPS) is 12.0. The Hall–Kier alpha value is -2.79. The van der Waals surface area contributed by atoms with Crippen molar-refractivity contribution < 1.29 is 9.53 Å². The second-order valence-electron chi connectivity index (χ2n) is 4.95. The number of nitrogens with one attached hydrogen (secondary N) is 1. The van der Waals surface area contributed by atoms with Gasteiger partial charge in [-0.15, -0.1) is 0 Å². The number of carbonyl (C=O) groups is 1. The molecule has 1 atom stereocenters. The Morgan fingerprint density at radius 2 is 2.09 bits per heavy atom. The van der Waals surface area contributed by atoms with Gasteiger partial charge in [-0.1, -0.05) is 48.5 Å². The number of ether oxygens (including phenoxy) is 1. The fourth-order valence-electron chi connectivity index (χ4n) is 2.45. The van der Waals surface area contributed by atoms with Crippen molar-refractivity contribution in [2.75, 3.05) is 0 Å². The summed E-state index contributed by atoms with van der Waals surface area (Å²) >= 11 is 6.37. The maximum atomic E-state index is 11.0. The first-order valence-electron chi connectivity index (χ1n) is 6.91. The van der Waals surface area contributed by atoms with Crippen molar-refractivity contribution in [3.05, 3.63) is 65.8 Å². The first-order valence-corrected chi connectivity index (χ1v) is 7.29. The van der Waals surface area contributed by atoms with Crippen molar-refractivity contribution in [2.45, 2.75) is 6.10 Å². The highest BCUT2D eigenvalue weighted by molar-refractivity contribution is 6.34. The van der Waals surface area contributed by atoms with E-state index in [-0.39, 0.29) is 0 Å². The minimum atomic E-state index is -0.886. The molecule has 0 aliphatic heterocycles. The van der Waals surface area contributed by atoms with E-state index < -0.39 is 12.2 Å². The third kappa shape index (κ3) is 2.91. The van der Waals surface area contributed by atoms with E-state index >= 15 is 0 Å². The molecule has 23 heavy (non-hydrogen) atoms. The average molecular weight is 328 g/mol. The molecule has 3 aromatic rings. The second-order valence-corrected chi connectivity index (χ2v) is 5.35. The molecule has 0 saturated carbocycles. The topological polar surface area (TPSA) is 81.0 Å². The van der Waals surface area contributed by atoms with Gasteiger partial charge in [-0.3, -0.25) is 5.10 Å². The number of benzene rings is 2. The Labute approximate surface area is 137 Å². The molecule has 1 aromatic heterocycles. The number of nitrogens with two attached hydrogens (primary N) is 1. The fraction of sp³-hybridized carbons (Fsp3) is 0.0588. The molecule has 1 unspecified atom stereocenters. The molecule has 116 valence electrons. The van der Waals surface area contributed by atoms with Gasteiger partial charge in [0.2, 0.25) is 0 Å². The van der Waals surface area contributed by atoms with E-state index in [2.05, 4.69) is 16.8 Å². The standard InChI is InChI=1S/C17H14ClN3O2/c1-2-15(23-17(19)22)16-12-8-11(10-6-4-3-5-7-10)13(18)9-14(12)20-21-16/h2-9,15H,1H2,(H2,19,22)(H,20,21). The lowest BCUT2D eigenvalue weighted by atomic mass is 10.0. The maximum absolute atomic E-state index is 11.0. The lowest BCUT2D eigenvalue weighted by molar-refractivity contribution is 0.128. The SMILES string of the molecule is C=CC(OC(N)=O)c1n[nH]c2cc(Cl)c(-c3ccccc3)cc12. The molecule has 0 spiro atoms. The van der Waals surface area contributed by atoms with Gasteiger partial charge in [-0.2, -0.15) is 5.10 Å². The Kier molecular flexibility index (Phi) is 4.04. The summed E-state index contributed by atoms with van der Waals surface area (Å²) in [6.45, 7) is 3.66. The fourth-order valence-corrected chi connectivity index (χ4v) is 2.73. The van der Waals surface area contributed by atoms with Crippen LogP contribution in [0.25, 0.3) is 22.0 Å². The first-order chi connectivity index (χ1) is 11.1. The number of carbonyl (C=O) groups excluding carboxylic acids is 1. The number of amides is 1. The van der Waals surface area contributed by atoms with Gasteiger partial charge in [-0.05, 0) is 23.8 Å². The van der Waals surface area contributed by atoms with E-state index in [9.17, 15) is 4.79 Å². The van der Waals surface area contributed by atoms with Crippen LogP contribution in [0, 0.1) is 0 Å². The molecule has 1 heterocycles. The van der Waals surface area contributed by atoms with Crippen LogP contribution in [0.1, 0.15) is 11.8 Å². The van der Waals surface area contributed by atoms with Crippen LogP contribution in [-0.2, 0) is 4.74 Å². The van der Waals surface area contributed by atoms with Gasteiger partial charge in [0.15, 0.2) is 6.10 Å². The molecule has 6 heteroatoms. The van der Waals surface area contributed by atoms with Gasteiger partial charge < -0.3 is 10.5 Å². The second kappa shape index (κ2) is 6.14. The molecule has 3 N–H and O–H groups in total. The molecule has 0 saturated heterocycles. The van der Waals surface area contributed by atoms with Gasteiger partial charge >= 0.3 is 6.09 Å². The van der Waals surface area contributed by atoms with Crippen LogP contribution in [0.15, 0.2) is 55.1 Å². The van der Waals surface area contributed by atoms with Crippen LogP contribution in [0.2, 0.25) is 5.02 Å². The average Bonchev–Trinajstić information content (AvgIpc) is 2.95. The number of hydrogen-bond acceptors (Lipinski definition) is 3. The Bertz CT molecular complexity index is 874. The Morgan fingerprint density at radius 1 is 1.35 bits per heavy atom. The van der Waals surface area contributed by atoms with Crippen molar-refractivity contribution in [2.24, 2.45) is 5.73 Å². The van der Waals surface area contributed by atoms with Crippen molar-refractivity contribution >= 4 is 28.6 Å². The number of nitrogens with zero attached hydrogens (tertiary/aromatic N) is 1. The summed E-state index contributed by atoms with van der Waals surface area (Å²) in [5.74, 6) is 0. The van der Waals surface area contributed by atoms with Crippen molar-refractivity contribution in [1.29, 1.82) is 0 Å². The van der Waals surface area contributed by atoms with Crippen LogP contribution in [0.5, 0.6) is 0 Å². The summed E-state index contributed by atoms with van der Waals surface area (Å²) < 4.78 is 5.03. The number of primary amides is 1. The summed E-state index contributed by atoms with van der Waals surface area (Å²) in [4.78, 5) is 11.0. The summed E-state index contributed by atoms with van der Waals surface area (Å²) in [5, 5.41) is 8.48.